The van der Waals surface area contributed by atoms with E-state index in [1.807, 2.05) is 0 Å². The van der Waals surface area contributed by atoms with Gasteiger partial charge in [-0.3, -0.25) is 0 Å². The quantitative estimate of drug-likeness (QED) is 0.903. The molecule has 1 aromatic heterocycles. The molecule has 94 valence electrons. The molecule has 2 aromatic rings. The lowest BCUT2D eigenvalue weighted by Gasteiger charge is -2.01. The second-order valence-electron chi connectivity index (χ2n) is 4.47. The first-order valence-corrected chi connectivity index (χ1v) is 6.12. The molecule has 0 radical (unpaired) electrons. The van der Waals surface area contributed by atoms with Gasteiger partial charge < -0.3 is 9.84 Å². The van der Waals surface area contributed by atoms with E-state index in [0.717, 1.165) is 19.4 Å². The molecule has 3 rings (SSSR count). The molecule has 1 fully saturated rings. The minimum atomic E-state index is -0.233. The third kappa shape index (κ3) is 2.26. The Bertz CT molecular complexity index is 535. The Morgan fingerprint density at radius 3 is 3.06 bits per heavy atom. The summed E-state index contributed by atoms with van der Waals surface area (Å²) in [6.45, 7) is 0.982. The fourth-order valence-corrected chi connectivity index (χ4v) is 2.19. The average Bonchev–Trinajstić information content (AvgIpc) is 3.02. The summed E-state index contributed by atoms with van der Waals surface area (Å²) in [4.78, 5) is 4.32. The van der Waals surface area contributed by atoms with Gasteiger partial charge in [0.05, 0.1) is 6.04 Å². The summed E-state index contributed by atoms with van der Waals surface area (Å²) in [5, 5.41) is 7.20. The van der Waals surface area contributed by atoms with Crippen LogP contribution in [0, 0.1) is 5.82 Å². The lowest BCUT2D eigenvalue weighted by molar-refractivity contribution is 0.341. The van der Waals surface area contributed by atoms with E-state index in [1.165, 1.54) is 6.07 Å². The maximum absolute atomic E-state index is 13.5. The van der Waals surface area contributed by atoms with Gasteiger partial charge >= 0.3 is 0 Å². The highest BCUT2D eigenvalue weighted by molar-refractivity contribution is 5.20. The van der Waals surface area contributed by atoms with Gasteiger partial charge in [-0.1, -0.05) is 23.4 Å². The van der Waals surface area contributed by atoms with Crippen LogP contribution in [0.2, 0.25) is 0 Å². The Balaban J connectivity index is 1.75. The fraction of sp³-hybridized carbons (Fsp3) is 0.385. The summed E-state index contributed by atoms with van der Waals surface area (Å²) < 4.78 is 18.7. The summed E-state index contributed by atoms with van der Waals surface area (Å²) >= 11 is 0. The van der Waals surface area contributed by atoms with Gasteiger partial charge in [-0.05, 0) is 31.0 Å². The first-order chi connectivity index (χ1) is 8.83. The number of hydrogen-bond donors (Lipinski definition) is 1. The Morgan fingerprint density at radius 1 is 1.39 bits per heavy atom. The molecular formula is C13H14FN3O. The van der Waals surface area contributed by atoms with Crippen LogP contribution in [-0.2, 0) is 6.42 Å². The summed E-state index contributed by atoms with van der Waals surface area (Å²) in [5.74, 6) is 0.908. The van der Waals surface area contributed by atoms with Crippen LogP contribution in [0.3, 0.4) is 0 Å². The second kappa shape index (κ2) is 4.86. The van der Waals surface area contributed by atoms with E-state index in [0.29, 0.717) is 23.7 Å². The van der Waals surface area contributed by atoms with Crippen LogP contribution >= 0.6 is 0 Å². The van der Waals surface area contributed by atoms with E-state index >= 15 is 0 Å². The van der Waals surface area contributed by atoms with Gasteiger partial charge in [-0.15, -0.1) is 0 Å². The van der Waals surface area contributed by atoms with Crippen molar-refractivity contribution in [1.29, 1.82) is 0 Å². The maximum atomic E-state index is 13.5. The van der Waals surface area contributed by atoms with Gasteiger partial charge in [0.1, 0.15) is 5.82 Å². The molecule has 1 aromatic carbocycles. The standard InChI is InChI=1S/C13H14FN3O/c14-10-5-2-1-4-9(10)8-12-16-13(18-17-12)11-6-3-7-15-11/h1-2,4-5,11,15H,3,6-8H2/t11-/m1/s1. The molecule has 18 heavy (non-hydrogen) atoms. The van der Waals surface area contributed by atoms with E-state index in [2.05, 4.69) is 15.5 Å². The van der Waals surface area contributed by atoms with Crippen molar-refractivity contribution in [3.05, 3.63) is 47.4 Å². The molecule has 0 aliphatic carbocycles. The molecule has 1 N–H and O–H groups in total. The zero-order chi connectivity index (χ0) is 12.4. The number of aromatic nitrogens is 2. The van der Waals surface area contributed by atoms with Crippen molar-refractivity contribution in [2.75, 3.05) is 6.54 Å². The SMILES string of the molecule is Fc1ccccc1Cc1noc([C@H]2CCCN2)n1. The number of nitrogens with one attached hydrogen (secondary N) is 1. The van der Waals surface area contributed by atoms with Gasteiger partial charge in [0.25, 0.3) is 0 Å². The minimum Gasteiger partial charge on any atom is -0.338 e. The Morgan fingerprint density at radius 2 is 2.28 bits per heavy atom. The van der Waals surface area contributed by atoms with Crippen LogP contribution in [0.5, 0.6) is 0 Å². The van der Waals surface area contributed by atoms with Crippen LogP contribution in [0.25, 0.3) is 0 Å². The van der Waals surface area contributed by atoms with Gasteiger partial charge in [0, 0.05) is 6.42 Å². The lowest BCUT2D eigenvalue weighted by atomic mass is 10.1. The third-order valence-electron chi connectivity index (χ3n) is 3.15. The molecule has 5 heteroatoms. The fourth-order valence-electron chi connectivity index (χ4n) is 2.19. The van der Waals surface area contributed by atoms with E-state index in [4.69, 9.17) is 4.52 Å². The molecule has 1 aliphatic heterocycles. The van der Waals surface area contributed by atoms with Gasteiger partial charge in [-0.25, -0.2) is 4.39 Å². The molecule has 2 heterocycles. The monoisotopic (exact) mass is 247 g/mol. The zero-order valence-corrected chi connectivity index (χ0v) is 9.90. The number of nitrogens with zero attached hydrogens (tertiary/aromatic N) is 2. The largest absolute Gasteiger partial charge is 0.338 e. The lowest BCUT2D eigenvalue weighted by Crippen LogP contribution is -2.13. The highest BCUT2D eigenvalue weighted by atomic mass is 19.1. The Hall–Kier alpha value is -1.75. The molecule has 0 saturated carbocycles. The highest BCUT2D eigenvalue weighted by Crippen LogP contribution is 2.21. The molecular weight excluding hydrogens is 233 g/mol. The van der Waals surface area contributed by atoms with E-state index in [-0.39, 0.29) is 11.9 Å². The Kier molecular flexibility index (Phi) is 3.06. The zero-order valence-electron chi connectivity index (χ0n) is 9.90. The number of benzene rings is 1. The number of hydrogen-bond acceptors (Lipinski definition) is 4. The van der Waals surface area contributed by atoms with Crippen LogP contribution in [0.15, 0.2) is 28.8 Å². The summed E-state index contributed by atoms with van der Waals surface area (Å²) in [5.41, 5.74) is 0.587. The van der Waals surface area contributed by atoms with Crippen molar-refractivity contribution >= 4 is 0 Å². The van der Waals surface area contributed by atoms with E-state index < -0.39 is 0 Å². The summed E-state index contributed by atoms with van der Waals surface area (Å²) in [7, 11) is 0. The topological polar surface area (TPSA) is 51.0 Å². The van der Waals surface area contributed by atoms with Crippen LogP contribution in [0.4, 0.5) is 4.39 Å². The van der Waals surface area contributed by atoms with Crippen molar-refractivity contribution in [1.82, 2.24) is 15.5 Å². The first-order valence-electron chi connectivity index (χ1n) is 6.12. The molecule has 1 saturated heterocycles. The predicted octanol–water partition coefficient (Wildman–Crippen LogP) is 2.22. The predicted molar refractivity (Wildman–Crippen MR) is 63.5 cm³/mol. The average molecular weight is 247 g/mol. The highest BCUT2D eigenvalue weighted by Gasteiger charge is 2.22. The van der Waals surface area contributed by atoms with Crippen LogP contribution < -0.4 is 5.32 Å². The molecule has 0 spiro atoms. The molecule has 0 amide bonds. The van der Waals surface area contributed by atoms with Gasteiger partial charge in [-0.2, -0.15) is 4.98 Å². The first kappa shape index (κ1) is 11.3. The number of rotatable bonds is 3. The van der Waals surface area contributed by atoms with Crippen LogP contribution in [-0.4, -0.2) is 16.7 Å². The second-order valence-corrected chi connectivity index (χ2v) is 4.47. The van der Waals surface area contributed by atoms with E-state index in [9.17, 15) is 4.39 Å². The van der Waals surface area contributed by atoms with Gasteiger partial charge in [0.2, 0.25) is 5.89 Å². The van der Waals surface area contributed by atoms with Crippen molar-refractivity contribution in [2.24, 2.45) is 0 Å². The maximum Gasteiger partial charge on any atom is 0.243 e. The molecule has 4 nitrogen and oxygen atoms in total. The molecule has 0 bridgehead atoms. The smallest absolute Gasteiger partial charge is 0.243 e. The number of halogens is 1. The van der Waals surface area contributed by atoms with Crippen molar-refractivity contribution in [3.8, 4) is 0 Å². The minimum absolute atomic E-state index is 0.159. The van der Waals surface area contributed by atoms with Gasteiger partial charge in [0.15, 0.2) is 5.82 Å². The van der Waals surface area contributed by atoms with Crippen molar-refractivity contribution in [2.45, 2.75) is 25.3 Å². The molecule has 1 atom stereocenters. The summed E-state index contributed by atoms with van der Waals surface area (Å²) in [6, 6.07) is 6.81. The third-order valence-corrected chi connectivity index (χ3v) is 3.15. The van der Waals surface area contributed by atoms with Crippen molar-refractivity contribution in [3.63, 3.8) is 0 Å². The van der Waals surface area contributed by atoms with Crippen LogP contribution in [0.1, 0.15) is 36.2 Å². The Labute approximate surface area is 104 Å². The summed E-state index contributed by atoms with van der Waals surface area (Å²) in [6.07, 6.45) is 2.50. The molecule has 1 aliphatic rings. The van der Waals surface area contributed by atoms with Crippen molar-refractivity contribution < 1.29 is 8.91 Å². The van der Waals surface area contributed by atoms with E-state index in [1.54, 1.807) is 18.2 Å². The molecule has 0 unspecified atom stereocenters. The normalized spacial score (nSPS) is 19.3.